The van der Waals surface area contributed by atoms with Crippen molar-refractivity contribution in [3.8, 4) is 11.5 Å². The van der Waals surface area contributed by atoms with Crippen molar-refractivity contribution in [2.45, 2.75) is 38.9 Å². The average Bonchev–Trinajstić information content (AvgIpc) is 3.22. The molecule has 0 bridgehead atoms. The van der Waals surface area contributed by atoms with Gasteiger partial charge in [-0.15, -0.1) is 0 Å². The Labute approximate surface area is 140 Å². The molecule has 2 heterocycles. The first-order valence-corrected chi connectivity index (χ1v) is 8.15. The number of carbonyl (C=O) groups is 1. The van der Waals surface area contributed by atoms with Crippen molar-refractivity contribution in [3.05, 3.63) is 23.8 Å². The third kappa shape index (κ3) is 4.17. The second kappa shape index (κ2) is 7.53. The fourth-order valence-corrected chi connectivity index (χ4v) is 2.51. The number of rotatable bonds is 4. The van der Waals surface area contributed by atoms with Crippen molar-refractivity contribution in [3.63, 3.8) is 0 Å². The zero-order chi connectivity index (χ0) is 16.9. The molecule has 0 radical (unpaired) electrons. The van der Waals surface area contributed by atoms with Gasteiger partial charge >= 0.3 is 0 Å². The summed E-state index contributed by atoms with van der Waals surface area (Å²) in [5.41, 5.74) is 0.455. The number of amides is 1. The first-order chi connectivity index (χ1) is 11.6. The number of carbonyl (C=O) groups excluding carboxylic acids is 1. The lowest BCUT2D eigenvalue weighted by atomic mass is 10.2. The van der Waals surface area contributed by atoms with Gasteiger partial charge in [0, 0.05) is 12.2 Å². The molecule has 0 aliphatic carbocycles. The number of hydrogen-bond acceptors (Lipinski definition) is 6. The van der Waals surface area contributed by atoms with Crippen LogP contribution in [0, 0.1) is 0 Å². The third-order valence-corrected chi connectivity index (χ3v) is 3.67. The maximum atomic E-state index is 12.4. The van der Waals surface area contributed by atoms with Crippen molar-refractivity contribution in [1.29, 1.82) is 0 Å². The zero-order valence-electron chi connectivity index (χ0n) is 13.9. The lowest BCUT2D eigenvalue weighted by Crippen LogP contribution is -2.35. The monoisotopic (exact) mass is 334 g/mol. The average molecular weight is 334 g/mol. The van der Waals surface area contributed by atoms with E-state index in [4.69, 9.17) is 18.9 Å². The summed E-state index contributed by atoms with van der Waals surface area (Å²) < 4.78 is 21.7. The van der Waals surface area contributed by atoms with Crippen LogP contribution in [-0.4, -0.2) is 44.1 Å². The molecule has 24 heavy (non-hydrogen) atoms. The number of aliphatic imine (C=N–C) groups is 1. The number of fused-ring (bicyclic) bond motifs is 1. The van der Waals surface area contributed by atoms with Crippen molar-refractivity contribution in [2.75, 3.05) is 19.9 Å². The van der Waals surface area contributed by atoms with Crippen molar-refractivity contribution < 1.29 is 23.7 Å². The molecule has 0 saturated carbocycles. The predicted octanol–water partition coefficient (Wildman–Crippen LogP) is 2.11. The van der Waals surface area contributed by atoms with Gasteiger partial charge in [-0.3, -0.25) is 10.1 Å². The van der Waals surface area contributed by atoms with Crippen molar-refractivity contribution in [2.24, 2.45) is 4.99 Å². The molecule has 7 heteroatoms. The minimum atomic E-state index is -0.306. The second-order valence-electron chi connectivity index (χ2n) is 5.97. The van der Waals surface area contributed by atoms with E-state index >= 15 is 0 Å². The maximum Gasteiger partial charge on any atom is 0.292 e. The van der Waals surface area contributed by atoms with E-state index in [2.05, 4.69) is 10.3 Å². The maximum absolute atomic E-state index is 12.4. The van der Waals surface area contributed by atoms with Gasteiger partial charge in [0.05, 0.1) is 18.8 Å². The summed E-state index contributed by atoms with van der Waals surface area (Å²) in [7, 11) is 0. The van der Waals surface area contributed by atoms with Crippen LogP contribution in [0.5, 0.6) is 11.5 Å². The Morgan fingerprint density at radius 2 is 2.21 bits per heavy atom. The lowest BCUT2D eigenvalue weighted by Gasteiger charge is -2.14. The second-order valence-corrected chi connectivity index (χ2v) is 5.97. The lowest BCUT2D eigenvalue weighted by molar-refractivity contribution is 0.0955. The van der Waals surface area contributed by atoms with Gasteiger partial charge in [0.15, 0.2) is 11.5 Å². The Morgan fingerprint density at radius 3 is 2.96 bits per heavy atom. The summed E-state index contributed by atoms with van der Waals surface area (Å²) in [6.07, 6.45) is 2.03. The minimum absolute atomic E-state index is 0.0923. The van der Waals surface area contributed by atoms with E-state index in [0.29, 0.717) is 23.6 Å². The van der Waals surface area contributed by atoms with E-state index < -0.39 is 0 Å². The molecule has 2 aliphatic heterocycles. The van der Waals surface area contributed by atoms with Gasteiger partial charge in [0.1, 0.15) is 0 Å². The SMILES string of the molecule is CC(C)OC(=NC[C@H]1CCCO1)NC(=O)c1ccc2c(c1)OCO2. The Kier molecular flexibility index (Phi) is 5.20. The molecule has 3 rings (SSSR count). The van der Waals surface area contributed by atoms with Gasteiger partial charge in [-0.2, -0.15) is 0 Å². The standard InChI is InChI=1S/C17H22N2O5/c1-11(2)24-17(18-9-13-4-3-7-21-13)19-16(20)12-5-6-14-15(8-12)23-10-22-14/h5-6,8,11,13H,3-4,7,9-10H2,1-2H3,(H,18,19,20)/t13-/m1/s1. The van der Waals surface area contributed by atoms with E-state index in [1.807, 2.05) is 13.8 Å². The Balaban J connectivity index is 1.66. The van der Waals surface area contributed by atoms with Crippen molar-refractivity contribution in [1.82, 2.24) is 5.32 Å². The molecule has 0 unspecified atom stereocenters. The summed E-state index contributed by atoms with van der Waals surface area (Å²) in [5.74, 6) is 0.891. The van der Waals surface area contributed by atoms with Gasteiger partial charge < -0.3 is 18.9 Å². The molecule has 0 aromatic heterocycles. The molecule has 1 aromatic rings. The molecule has 130 valence electrons. The summed E-state index contributed by atoms with van der Waals surface area (Å²) in [5, 5.41) is 2.72. The highest BCUT2D eigenvalue weighted by atomic mass is 16.7. The molecule has 1 N–H and O–H groups in total. The highest BCUT2D eigenvalue weighted by Gasteiger charge is 2.19. The van der Waals surface area contributed by atoms with E-state index in [9.17, 15) is 4.79 Å². The van der Waals surface area contributed by atoms with Crippen LogP contribution in [0.1, 0.15) is 37.0 Å². The van der Waals surface area contributed by atoms with E-state index in [1.54, 1.807) is 18.2 Å². The topological polar surface area (TPSA) is 78.4 Å². The van der Waals surface area contributed by atoms with E-state index in [0.717, 1.165) is 19.4 Å². The Hall–Kier alpha value is -2.28. The van der Waals surface area contributed by atoms with Crippen molar-refractivity contribution >= 4 is 11.9 Å². The smallest absolute Gasteiger partial charge is 0.292 e. The van der Waals surface area contributed by atoms with E-state index in [1.165, 1.54) is 0 Å². The molecular formula is C17H22N2O5. The molecule has 1 aromatic carbocycles. The van der Waals surface area contributed by atoms with E-state index in [-0.39, 0.29) is 30.9 Å². The number of nitrogens with zero attached hydrogens (tertiary/aromatic N) is 1. The number of nitrogens with one attached hydrogen (secondary N) is 1. The van der Waals surface area contributed by atoms with Gasteiger partial charge in [0.25, 0.3) is 11.9 Å². The largest absolute Gasteiger partial charge is 0.462 e. The first kappa shape index (κ1) is 16.6. The molecule has 1 saturated heterocycles. The van der Waals surface area contributed by atoms with Crippen LogP contribution in [-0.2, 0) is 9.47 Å². The van der Waals surface area contributed by atoms with Crippen LogP contribution in [0.4, 0.5) is 0 Å². The molecule has 1 atom stereocenters. The quantitative estimate of drug-likeness (QED) is 0.674. The molecule has 2 aliphatic rings. The summed E-state index contributed by atoms with van der Waals surface area (Å²) >= 11 is 0. The van der Waals surface area contributed by atoms with Crippen LogP contribution >= 0.6 is 0 Å². The number of hydrogen-bond donors (Lipinski definition) is 1. The highest BCUT2D eigenvalue weighted by Crippen LogP contribution is 2.32. The molecule has 7 nitrogen and oxygen atoms in total. The first-order valence-electron chi connectivity index (χ1n) is 8.15. The van der Waals surface area contributed by atoms with Gasteiger partial charge in [-0.25, -0.2) is 4.99 Å². The number of benzene rings is 1. The zero-order valence-corrected chi connectivity index (χ0v) is 13.9. The minimum Gasteiger partial charge on any atom is -0.462 e. The van der Waals surface area contributed by atoms with Gasteiger partial charge in [-0.1, -0.05) is 0 Å². The van der Waals surface area contributed by atoms with Crippen LogP contribution in [0.2, 0.25) is 0 Å². The summed E-state index contributed by atoms with van der Waals surface area (Å²) in [6, 6.07) is 5.24. The normalized spacial score (nSPS) is 19.6. The summed E-state index contributed by atoms with van der Waals surface area (Å²) in [4.78, 5) is 16.8. The fourth-order valence-electron chi connectivity index (χ4n) is 2.51. The van der Waals surface area contributed by atoms with Gasteiger partial charge in [-0.05, 0) is 44.9 Å². The highest BCUT2D eigenvalue weighted by molar-refractivity contribution is 6.04. The van der Waals surface area contributed by atoms with Crippen LogP contribution < -0.4 is 14.8 Å². The van der Waals surface area contributed by atoms with Crippen LogP contribution in [0.3, 0.4) is 0 Å². The van der Waals surface area contributed by atoms with Gasteiger partial charge in [0.2, 0.25) is 6.79 Å². The molecule has 1 fully saturated rings. The number of amidine groups is 1. The summed E-state index contributed by atoms with van der Waals surface area (Å²) in [6.45, 7) is 5.18. The molecule has 0 spiro atoms. The third-order valence-electron chi connectivity index (χ3n) is 3.67. The number of ether oxygens (including phenoxy) is 4. The van der Waals surface area contributed by atoms with Crippen LogP contribution in [0.15, 0.2) is 23.2 Å². The molecular weight excluding hydrogens is 312 g/mol. The van der Waals surface area contributed by atoms with Crippen LogP contribution in [0.25, 0.3) is 0 Å². The Morgan fingerprint density at radius 1 is 1.38 bits per heavy atom. The fraction of sp³-hybridized carbons (Fsp3) is 0.529. The molecule has 1 amide bonds. The Bertz CT molecular complexity index is 623. The predicted molar refractivity (Wildman–Crippen MR) is 87.5 cm³/mol.